The lowest BCUT2D eigenvalue weighted by Gasteiger charge is -2.13. The minimum Gasteiger partial charge on any atom is -0.493 e. The van der Waals surface area contributed by atoms with E-state index in [0.717, 1.165) is 0 Å². The van der Waals surface area contributed by atoms with E-state index in [-0.39, 0.29) is 18.4 Å². The molecule has 112 valence electrons. The van der Waals surface area contributed by atoms with Crippen molar-refractivity contribution in [3.8, 4) is 17.2 Å². The van der Waals surface area contributed by atoms with Gasteiger partial charge in [-0.3, -0.25) is 0 Å². The summed E-state index contributed by atoms with van der Waals surface area (Å²) in [7, 11) is 1.49. The quantitative estimate of drug-likeness (QED) is 0.888. The summed E-state index contributed by atoms with van der Waals surface area (Å²) >= 11 is 0. The van der Waals surface area contributed by atoms with Crippen LogP contribution in [-0.2, 0) is 6.61 Å². The molecule has 3 N–H and O–H groups in total. The van der Waals surface area contributed by atoms with Gasteiger partial charge < -0.3 is 20.3 Å². The Balaban J connectivity index is 2.29. The first-order valence-corrected chi connectivity index (χ1v) is 6.55. The van der Waals surface area contributed by atoms with E-state index in [1.165, 1.54) is 19.2 Å². The highest BCUT2D eigenvalue weighted by molar-refractivity contribution is 5.46. The molecule has 1 atom stereocenters. The summed E-state index contributed by atoms with van der Waals surface area (Å²) in [5, 5.41) is 9.10. The smallest absolute Gasteiger partial charge is 0.169 e. The van der Waals surface area contributed by atoms with E-state index < -0.39 is 5.82 Å². The third kappa shape index (κ3) is 3.51. The second-order valence-corrected chi connectivity index (χ2v) is 4.72. The maximum atomic E-state index is 14.0. The molecule has 21 heavy (non-hydrogen) atoms. The van der Waals surface area contributed by atoms with E-state index in [1.54, 1.807) is 31.2 Å². The van der Waals surface area contributed by atoms with Crippen LogP contribution in [0.2, 0.25) is 0 Å². The van der Waals surface area contributed by atoms with Gasteiger partial charge in [0.15, 0.2) is 23.1 Å². The molecule has 0 aliphatic rings. The van der Waals surface area contributed by atoms with Crippen LogP contribution in [-0.4, -0.2) is 12.2 Å². The zero-order valence-electron chi connectivity index (χ0n) is 12.0. The highest BCUT2D eigenvalue weighted by atomic mass is 19.1. The summed E-state index contributed by atoms with van der Waals surface area (Å²) in [4.78, 5) is 0. The van der Waals surface area contributed by atoms with Crippen molar-refractivity contribution < 1.29 is 19.0 Å². The molecule has 0 saturated carbocycles. The lowest BCUT2D eigenvalue weighted by molar-refractivity contribution is 0.280. The Hall–Kier alpha value is -2.11. The van der Waals surface area contributed by atoms with Crippen LogP contribution < -0.4 is 15.2 Å². The largest absolute Gasteiger partial charge is 0.493 e. The van der Waals surface area contributed by atoms with E-state index in [4.69, 9.17) is 20.3 Å². The number of hydrogen-bond acceptors (Lipinski definition) is 4. The lowest BCUT2D eigenvalue weighted by Crippen LogP contribution is -2.05. The molecule has 0 heterocycles. The van der Waals surface area contributed by atoms with E-state index in [9.17, 15) is 4.39 Å². The first-order valence-electron chi connectivity index (χ1n) is 6.55. The molecule has 4 nitrogen and oxygen atoms in total. The molecule has 2 aromatic carbocycles. The fourth-order valence-electron chi connectivity index (χ4n) is 1.90. The summed E-state index contributed by atoms with van der Waals surface area (Å²) in [6, 6.07) is 9.32. The predicted molar refractivity (Wildman–Crippen MR) is 78.0 cm³/mol. The number of rotatable bonds is 5. The van der Waals surface area contributed by atoms with Gasteiger partial charge >= 0.3 is 0 Å². The Morgan fingerprint density at radius 1 is 1.14 bits per heavy atom. The van der Waals surface area contributed by atoms with Gasteiger partial charge in [-0.2, -0.15) is 0 Å². The SMILES string of the molecule is COc1cc(CO)ccc1Oc1ccc([C@H](C)N)cc1F. The minimum absolute atomic E-state index is 0.0921. The molecule has 0 aliphatic carbocycles. The number of nitrogens with two attached hydrogens (primary N) is 1. The van der Waals surface area contributed by atoms with Crippen LogP contribution in [0.4, 0.5) is 4.39 Å². The molecule has 5 heteroatoms. The van der Waals surface area contributed by atoms with Crippen LogP contribution in [0.5, 0.6) is 17.2 Å². The van der Waals surface area contributed by atoms with Crippen molar-refractivity contribution in [2.24, 2.45) is 5.73 Å². The van der Waals surface area contributed by atoms with Crippen LogP contribution in [0.1, 0.15) is 24.1 Å². The number of ether oxygens (including phenoxy) is 2. The Labute approximate surface area is 122 Å². The number of aliphatic hydroxyl groups excluding tert-OH is 1. The molecule has 2 aromatic rings. The monoisotopic (exact) mass is 291 g/mol. The Bertz CT molecular complexity index is 629. The molecule has 0 amide bonds. The summed E-state index contributed by atoms with van der Waals surface area (Å²) in [5.41, 5.74) is 7.10. The normalized spacial score (nSPS) is 12.0. The standard InChI is InChI=1S/C16H18FNO3/c1-10(18)12-4-6-14(13(17)8-12)21-15-5-3-11(9-19)7-16(15)20-2/h3-8,10,19H,9,18H2,1-2H3/t10-/m0/s1. The number of methoxy groups -OCH3 is 1. The molecule has 0 fully saturated rings. The van der Waals surface area contributed by atoms with Crippen LogP contribution in [0.15, 0.2) is 36.4 Å². The first-order chi connectivity index (χ1) is 10.0. The van der Waals surface area contributed by atoms with E-state index in [0.29, 0.717) is 22.6 Å². The zero-order chi connectivity index (χ0) is 15.4. The molecular weight excluding hydrogens is 273 g/mol. The Morgan fingerprint density at radius 3 is 2.43 bits per heavy atom. The van der Waals surface area contributed by atoms with E-state index in [2.05, 4.69) is 0 Å². The molecular formula is C16H18FNO3. The lowest BCUT2D eigenvalue weighted by atomic mass is 10.1. The van der Waals surface area contributed by atoms with Gasteiger partial charge in [0.05, 0.1) is 13.7 Å². The van der Waals surface area contributed by atoms with Crippen molar-refractivity contribution in [2.45, 2.75) is 19.6 Å². The predicted octanol–water partition coefficient (Wildman–Crippen LogP) is 3.14. The van der Waals surface area contributed by atoms with Crippen molar-refractivity contribution >= 4 is 0 Å². The Kier molecular flexibility index (Phi) is 4.77. The number of halogens is 1. The van der Waals surface area contributed by atoms with Crippen LogP contribution in [0.3, 0.4) is 0 Å². The van der Waals surface area contributed by atoms with Gasteiger partial charge in [-0.1, -0.05) is 12.1 Å². The van der Waals surface area contributed by atoms with Crippen molar-refractivity contribution in [1.82, 2.24) is 0 Å². The zero-order valence-corrected chi connectivity index (χ0v) is 12.0. The van der Waals surface area contributed by atoms with Crippen LogP contribution in [0, 0.1) is 5.82 Å². The fourth-order valence-corrected chi connectivity index (χ4v) is 1.90. The summed E-state index contributed by atoms with van der Waals surface area (Å²) < 4.78 is 24.7. The van der Waals surface area contributed by atoms with Gasteiger partial charge in [-0.15, -0.1) is 0 Å². The second-order valence-electron chi connectivity index (χ2n) is 4.72. The third-order valence-electron chi connectivity index (χ3n) is 3.11. The molecule has 0 aromatic heterocycles. The van der Waals surface area contributed by atoms with Crippen LogP contribution >= 0.6 is 0 Å². The van der Waals surface area contributed by atoms with E-state index in [1.807, 2.05) is 0 Å². The topological polar surface area (TPSA) is 64.7 Å². The molecule has 0 spiro atoms. The van der Waals surface area contributed by atoms with Gasteiger partial charge in [0.1, 0.15) is 0 Å². The average molecular weight is 291 g/mol. The molecule has 0 unspecified atom stereocenters. The molecule has 0 aliphatic heterocycles. The van der Waals surface area contributed by atoms with E-state index >= 15 is 0 Å². The van der Waals surface area contributed by atoms with Gasteiger partial charge in [0.25, 0.3) is 0 Å². The summed E-state index contributed by atoms with van der Waals surface area (Å²) in [5.74, 6) is 0.409. The van der Waals surface area contributed by atoms with Crippen LogP contribution in [0.25, 0.3) is 0 Å². The molecule has 0 radical (unpaired) electrons. The van der Waals surface area contributed by atoms with Crippen molar-refractivity contribution in [3.63, 3.8) is 0 Å². The first kappa shape index (κ1) is 15.3. The summed E-state index contributed by atoms with van der Waals surface area (Å²) in [6.07, 6.45) is 0. The Morgan fingerprint density at radius 2 is 1.86 bits per heavy atom. The van der Waals surface area contributed by atoms with Crippen molar-refractivity contribution in [2.75, 3.05) is 7.11 Å². The van der Waals surface area contributed by atoms with Gasteiger partial charge in [0, 0.05) is 6.04 Å². The van der Waals surface area contributed by atoms with Gasteiger partial charge in [-0.05, 0) is 42.3 Å². The van der Waals surface area contributed by atoms with Crippen molar-refractivity contribution in [1.29, 1.82) is 0 Å². The number of benzene rings is 2. The maximum absolute atomic E-state index is 14.0. The second kappa shape index (κ2) is 6.56. The maximum Gasteiger partial charge on any atom is 0.169 e. The fraction of sp³-hybridized carbons (Fsp3) is 0.250. The summed E-state index contributed by atoms with van der Waals surface area (Å²) in [6.45, 7) is 1.68. The van der Waals surface area contributed by atoms with Gasteiger partial charge in [-0.25, -0.2) is 4.39 Å². The highest BCUT2D eigenvalue weighted by Gasteiger charge is 2.11. The molecule has 2 rings (SSSR count). The highest BCUT2D eigenvalue weighted by Crippen LogP contribution is 2.34. The number of aliphatic hydroxyl groups is 1. The third-order valence-corrected chi connectivity index (χ3v) is 3.11. The molecule has 0 bridgehead atoms. The number of hydrogen-bond donors (Lipinski definition) is 2. The van der Waals surface area contributed by atoms with Crippen molar-refractivity contribution in [3.05, 3.63) is 53.3 Å². The minimum atomic E-state index is -0.488. The average Bonchev–Trinajstić information content (AvgIpc) is 2.49. The van der Waals surface area contributed by atoms with Gasteiger partial charge in [0.2, 0.25) is 0 Å². The molecule has 0 saturated heterocycles.